The predicted molar refractivity (Wildman–Crippen MR) is 96.3 cm³/mol. The van der Waals surface area contributed by atoms with E-state index in [9.17, 15) is 9.59 Å². The fourth-order valence-electron chi connectivity index (χ4n) is 2.20. The van der Waals surface area contributed by atoms with Crippen molar-refractivity contribution < 1.29 is 4.79 Å². The molecule has 8 heteroatoms. The molecule has 1 aromatic carbocycles. The highest BCUT2D eigenvalue weighted by Crippen LogP contribution is 2.21. The van der Waals surface area contributed by atoms with E-state index in [1.807, 2.05) is 0 Å². The third-order valence-electron chi connectivity index (χ3n) is 3.41. The molecule has 0 aliphatic rings. The minimum atomic E-state index is -0.576. The molecule has 0 aliphatic heterocycles. The average Bonchev–Trinajstić information content (AvgIpc) is 2.59. The van der Waals surface area contributed by atoms with Crippen LogP contribution in [0.1, 0.15) is 15.9 Å². The molecule has 0 atom stereocenters. The Morgan fingerprint density at radius 3 is 2.60 bits per heavy atom. The molecule has 0 unspecified atom stereocenters. The molecule has 2 aromatic heterocycles. The Morgan fingerprint density at radius 2 is 1.88 bits per heavy atom. The van der Waals surface area contributed by atoms with E-state index in [-0.39, 0.29) is 18.1 Å². The lowest BCUT2D eigenvalue weighted by Gasteiger charge is -2.10. The van der Waals surface area contributed by atoms with Crippen LogP contribution in [-0.4, -0.2) is 20.4 Å². The zero-order chi connectivity index (χ0) is 17.8. The third kappa shape index (κ3) is 4.04. The fraction of sp³-hybridized carbons (Fsp3) is 0.0588. The van der Waals surface area contributed by atoms with Gasteiger partial charge in [0.05, 0.1) is 6.54 Å². The predicted octanol–water partition coefficient (Wildman–Crippen LogP) is 3.25. The Labute approximate surface area is 153 Å². The summed E-state index contributed by atoms with van der Waals surface area (Å²) in [6.07, 6.45) is 4.58. The molecule has 0 bridgehead atoms. The number of hydrogen-bond acceptors (Lipinski definition) is 4. The number of benzene rings is 1. The molecule has 6 nitrogen and oxygen atoms in total. The van der Waals surface area contributed by atoms with Gasteiger partial charge >= 0.3 is 0 Å². The summed E-state index contributed by atoms with van der Waals surface area (Å²) in [6.45, 7) is 0.220. The van der Waals surface area contributed by atoms with E-state index >= 15 is 0 Å². The van der Waals surface area contributed by atoms with E-state index < -0.39 is 11.5 Å². The highest BCUT2D eigenvalue weighted by molar-refractivity contribution is 6.35. The molecule has 2 heterocycles. The number of pyridine rings is 1. The van der Waals surface area contributed by atoms with Crippen molar-refractivity contribution in [1.29, 1.82) is 0 Å². The topological polar surface area (TPSA) is 76.9 Å². The number of hydrogen-bond donors (Lipinski definition) is 1. The number of nitrogens with zero attached hydrogens (tertiary/aromatic N) is 3. The highest BCUT2D eigenvalue weighted by Gasteiger charge is 2.14. The maximum atomic E-state index is 12.6. The summed E-state index contributed by atoms with van der Waals surface area (Å²) < 4.78 is 1.40. The van der Waals surface area contributed by atoms with Crippen LogP contribution < -0.4 is 10.9 Å². The van der Waals surface area contributed by atoms with E-state index in [0.717, 1.165) is 5.56 Å². The first-order valence-corrected chi connectivity index (χ1v) is 8.02. The van der Waals surface area contributed by atoms with Gasteiger partial charge in [0.15, 0.2) is 0 Å². The number of nitrogens with one attached hydrogen (secondary N) is 1. The smallest absolute Gasteiger partial charge is 0.263 e. The zero-order valence-corrected chi connectivity index (χ0v) is 14.3. The summed E-state index contributed by atoms with van der Waals surface area (Å²) in [6, 6.07) is 9.72. The lowest BCUT2D eigenvalue weighted by atomic mass is 10.2. The summed E-state index contributed by atoms with van der Waals surface area (Å²) in [5, 5.41) is 3.45. The minimum Gasteiger partial charge on any atom is -0.310 e. The molecule has 1 amide bonds. The van der Waals surface area contributed by atoms with E-state index in [1.54, 1.807) is 36.5 Å². The first-order valence-electron chi connectivity index (χ1n) is 7.26. The Kier molecular flexibility index (Phi) is 5.11. The van der Waals surface area contributed by atoms with Gasteiger partial charge in [-0.3, -0.25) is 14.9 Å². The van der Waals surface area contributed by atoms with Crippen molar-refractivity contribution in [2.75, 3.05) is 5.32 Å². The molecule has 0 spiro atoms. The second kappa shape index (κ2) is 7.46. The number of aromatic nitrogens is 3. The summed E-state index contributed by atoms with van der Waals surface area (Å²) in [4.78, 5) is 32.7. The Hall–Kier alpha value is -2.70. The molecular weight excluding hydrogens is 363 g/mol. The van der Waals surface area contributed by atoms with E-state index in [0.29, 0.717) is 10.0 Å². The van der Waals surface area contributed by atoms with E-state index in [2.05, 4.69) is 15.3 Å². The molecule has 0 saturated heterocycles. The van der Waals surface area contributed by atoms with Crippen LogP contribution in [0.5, 0.6) is 0 Å². The SMILES string of the molecule is O=C(Nc1ncccn1)c1cccn(Cc2ccc(Cl)cc2Cl)c1=O. The largest absolute Gasteiger partial charge is 0.310 e. The van der Waals surface area contributed by atoms with Crippen LogP contribution in [0.3, 0.4) is 0 Å². The normalized spacial score (nSPS) is 10.5. The summed E-state index contributed by atoms with van der Waals surface area (Å²) >= 11 is 12.0. The monoisotopic (exact) mass is 374 g/mol. The van der Waals surface area contributed by atoms with Crippen LogP contribution in [0, 0.1) is 0 Å². The quantitative estimate of drug-likeness (QED) is 0.760. The van der Waals surface area contributed by atoms with Gasteiger partial charge in [0.2, 0.25) is 5.95 Å². The van der Waals surface area contributed by atoms with Crippen LogP contribution in [0.15, 0.2) is 59.8 Å². The van der Waals surface area contributed by atoms with Gasteiger partial charge in [-0.25, -0.2) is 9.97 Å². The number of carbonyl (C=O) groups excluding carboxylic acids is 1. The van der Waals surface area contributed by atoms with E-state index in [4.69, 9.17) is 23.2 Å². The van der Waals surface area contributed by atoms with Gasteiger partial charge < -0.3 is 4.57 Å². The molecular formula is C17H12Cl2N4O2. The van der Waals surface area contributed by atoms with Crippen LogP contribution in [0.25, 0.3) is 0 Å². The van der Waals surface area contributed by atoms with Gasteiger partial charge in [-0.15, -0.1) is 0 Å². The number of rotatable bonds is 4. The number of anilines is 1. The maximum absolute atomic E-state index is 12.6. The maximum Gasteiger partial charge on any atom is 0.263 e. The second-order valence-corrected chi connectivity index (χ2v) is 5.96. The summed E-state index contributed by atoms with van der Waals surface area (Å²) in [5.41, 5.74) is 0.263. The third-order valence-corrected chi connectivity index (χ3v) is 4.00. The molecule has 0 radical (unpaired) electrons. The molecule has 0 aliphatic carbocycles. The van der Waals surface area contributed by atoms with Crippen LogP contribution in [0.2, 0.25) is 10.0 Å². The molecule has 0 fully saturated rings. The first kappa shape index (κ1) is 17.1. The fourth-order valence-corrected chi connectivity index (χ4v) is 2.67. The van der Waals surface area contributed by atoms with Crippen molar-refractivity contribution in [3.05, 3.63) is 86.5 Å². The van der Waals surface area contributed by atoms with Crippen molar-refractivity contribution in [2.24, 2.45) is 0 Å². The summed E-state index contributed by atoms with van der Waals surface area (Å²) in [7, 11) is 0. The zero-order valence-electron chi connectivity index (χ0n) is 12.8. The Bertz CT molecular complexity index is 974. The molecule has 25 heavy (non-hydrogen) atoms. The molecule has 3 aromatic rings. The van der Waals surface area contributed by atoms with Gasteiger partial charge in [-0.1, -0.05) is 29.3 Å². The molecule has 3 rings (SSSR count). The van der Waals surface area contributed by atoms with Crippen LogP contribution in [0.4, 0.5) is 5.95 Å². The van der Waals surface area contributed by atoms with Crippen LogP contribution >= 0.6 is 23.2 Å². The van der Waals surface area contributed by atoms with Gasteiger partial charge in [0.1, 0.15) is 5.56 Å². The average molecular weight is 375 g/mol. The molecule has 126 valence electrons. The standard InChI is InChI=1S/C17H12Cl2N4O2/c18-12-5-4-11(14(19)9-12)10-23-8-1-3-13(16(23)25)15(24)22-17-20-6-2-7-21-17/h1-9H,10H2,(H,20,21,22,24). The molecule has 1 N–H and O–H groups in total. The van der Waals surface area contributed by atoms with Crippen molar-refractivity contribution >= 4 is 35.1 Å². The van der Waals surface area contributed by atoms with Gasteiger partial charge in [-0.05, 0) is 35.9 Å². The minimum absolute atomic E-state index is 0.0139. The highest BCUT2D eigenvalue weighted by atomic mass is 35.5. The Morgan fingerprint density at radius 1 is 1.12 bits per heavy atom. The van der Waals surface area contributed by atoms with Crippen LogP contribution in [-0.2, 0) is 6.54 Å². The van der Waals surface area contributed by atoms with E-state index in [1.165, 1.54) is 23.0 Å². The van der Waals surface area contributed by atoms with Crippen molar-refractivity contribution in [1.82, 2.24) is 14.5 Å². The van der Waals surface area contributed by atoms with Gasteiger partial charge in [-0.2, -0.15) is 0 Å². The molecule has 0 saturated carbocycles. The number of carbonyl (C=O) groups is 1. The van der Waals surface area contributed by atoms with Gasteiger partial charge in [0, 0.05) is 28.6 Å². The lowest BCUT2D eigenvalue weighted by molar-refractivity contribution is 0.102. The Balaban J connectivity index is 1.87. The number of halogens is 2. The van der Waals surface area contributed by atoms with Crippen molar-refractivity contribution in [2.45, 2.75) is 6.54 Å². The second-order valence-electron chi connectivity index (χ2n) is 5.12. The first-order chi connectivity index (χ1) is 12.0. The number of amides is 1. The van der Waals surface area contributed by atoms with Crippen molar-refractivity contribution in [3.63, 3.8) is 0 Å². The summed E-state index contributed by atoms with van der Waals surface area (Å²) in [5.74, 6) is -0.448. The lowest BCUT2D eigenvalue weighted by Crippen LogP contribution is -2.29. The van der Waals surface area contributed by atoms with Gasteiger partial charge in [0.25, 0.3) is 11.5 Å². The van der Waals surface area contributed by atoms with Crippen molar-refractivity contribution in [3.8, 4) is 0 Å².